The number of hydrogen-bond donors (Lipinski definition) is 2. The van der Waals surface area contributed by atoms with Gasteiger partial charge in [0.25, 0.3) is 0 Å². The summed E-state index contributed by atoms with van der Waals surface area (Å²) < 4.78 is 5.63. The van der Waals surface area contributed by atoms with Gasteiger partial charge in [-0.2, -0.15) is 0 Å². The summed E-state index contributed by atoms with van der Waals surface area (Å²) in [6, 6.07) is 16.1. The minimum atomic E-state index is -0.887. The van der Waals surface area contributed by atoms with Crippen LogP contribution in [0, 0.1) is 0 Å². The number of amides is 2. The molecule has 2 N–H and O–H groups in total. The molecule has 1 atom stereocenters. The number of rotatable bonds is 8. The second-order valence-corrected chi connectivity index (χ2v) is 9.82. The second kappa shape index (κ2) is 9.87. The fourth-order valence-corrected chi connectivity index (χ4v) is 5.11. The number of carboxylic acid groups (broad SMARTS) is 1. The van der Waals surface area contributed by atoms with Crippen molar-refractivity contribution >= 4 is 18.0 Å². The molecule has 1 fully saturated rings. The van der Waals surface area contributed by atoms with Crippen LogP contribution >= 0.6 is 0 Å². The highest BCUT2D eigenvalue weighted by atomic mass is 16.5. The molecule has 1 aliphatic heterocycles. The van der Waals surface area contributed by atoms with E-state index in [1.165, 1.54) is 11.1 Å². The molecule has 1 saturated heterocycles. The van der Waals surface area contributed by atoms with Gasteiger partial charge >= 0.3 is 12.1 Å². The molecule has 1 heterocycles. The van der Waals surface area contributed by atoms with E-state index in [1.54, 1.807) is 4.90 Å². The average molecular weight is 465 g/mol. The summed E-state index contributed by atoms with van der Waals surface area (Å²) in [6.45, 7) is 4.55. The van der Waals surface area contributed by atoms with Gasteiger partial charge in [-0.3, -0.25) is 9.59 Å². The minimum absolute atomic E-state index is 0.0100. The lowest BCUT2D eigenvalue weighted by molar-refractivity contribution is -0.140. The summed E-state index contributed by atoms with van der Waals surface area (Å²) in [5.41, 5.74) is 4.02. The van der Waals surface area contributed by atoms with Gasteiger partial charge in [0.05, 0.1) is 6.42 Å². The van der Waals surface area contributed by atoms with Crippen LogP contribution in [0.2, 0.25) is 0 Å². The van der Waals surface area contributed by atoms with Gasteiger partial charge in [0, 0.05) is 30.5 Å². The maximum atomic E-state index is 12.7. The Balaban J connectivity index is 1.30. The second-order valence-electron chi connectivity index (χ2n) is 9.82. The van der Waals surface area contributed by atoms with Crippen LogP contribution in [0.4, 0.5) is 4.79 Å². The summed E-state index contributed by atoms with van der Waals surface area (Å²) in [7, 11) is 0. The van der Waals surface area contributed by atoms with Gasteiger partial charge in [-0.15, -0.1) is 0 Å². The van der Waals surface area contributed by atoms with E-state index in [1.807, 2.05) is 38.1 Å². The number of aliphatic carboxylic acids is 1. The van der Waals surface area contributed by atoms with E-state index in [0.717, 1.165) is 24.0 Å². The van der Waals surface area contributed by atoms with Gasteiger partial charge in [0.15, 0.2) is 0 Å². The van der Waals surface area contributed by atoms with Crippen molar-refractivity contribution in [3.05, 3.63) is 59.7 Å². The third-order valence-electron chi connectivity index (χ3n) is 6.86. The van der Waals surface area contributed by atoms with Crippen LogP contribution in [0.3, 0.4) is 0 Å². The number of alkyl carbamates (subject to hydrolysis) is 1. The molecule has 0 spiro atoms. The number of carbonyl (C=O) groups excluding carboxylic acids is 2. The Morgan fingerprint density at radius 3 is 2.29 bits per heavy atom. The van der Waals surface area contributed by atoms with E-state index in [4.69, 9.17) is 9.84 Å². The smallest absolute Gasteiger partial charge is 0.407 e. The largest absolute Gasteiger partial charge is 0.481 e. The standard InChI is InChI=1S/C27H32N2O5/c1-27(2,14-13-24(30)29-15-7-8-18(29)16-25(31)32)28-26(33)34-17-23-21-11-5-3-9-19(21)20-10-4-6-12-22(20)23/h3-6,9-12,18,23H,7-8,13-17H2,1-2H3,(H,28,33)(H,31,32)/t18-/m0/s1. The molecule has 2 aliphatic rings. The lowest BCUT2D eigenvalue weighted by Gasteiger charge is -2.28. The Bertz CT molecular complexity index is 1030. The van der Waals surface area contributed by atoms with Gasteiger partial charge in [0.2, 0.25) is 5.91 Å². The molecule has 0 saturated carbocycles. The minimum Gasteiger partial charge on any atom is -0.481 e. The van der Waals surface area contributed by atoms with Crippen LogP contribution in [-0.4, -0.2) is 52.7 Å². The third kappa shape index (κ3) is 5.24. The van der Waals surface area contributed by atoms with Crippen LogP contribution in [0.25, 0.3) is 11.1 Å². The number of carbonyl (C=O) groups is 3. The summed E-state index contributed by atoms with van der Waals surface area (Å²) in [4.78, 5) is 38.0. The highest BCUT2D eigenvalue weighted by Crippen LogP contribution is 2.44. The van der Waals surface area contributed by atoms with Crippen LogP contribution in [0.15, 0.2) is 48.5 Å². The van der Waals surface area contributed by atoms with E-state index >= 15 is 0 Å². The first-order valence-electron chi connectivity index (χ1n) is 11.9. The van der Waals surface area contributed by atoms with Crippen molar-refractivity contribution in [1.82, 2.24) is 10.2 Å². The maximum absolute atomic E-state index is 12.7. The molecular weight excluding hydrogens is 432 g/mol. The molecule has 1 aliphatic carbocycles. The fraction of sp³-hybridized carbons (Fsp3) is 0.444. The Kier molecular flexibility index (Phi) is 6.91. The quantitative estimate of drug-likeness (QED) is 0.598. The van der Waals surface area contributed by atoms with E-state index < -0.39 is 17.6 Å². The van der Waals surface area contributed by atoms with E-state index in [9.17, 15) is 14.4 Å². The molecule has 0 unspecified atom stereocenters. The summed E-state index contributed by atoms with van der Waals surface area (Å²) in [5, 5.41) is 12.0. The Morgan fingerprint density at radius 2 is 1.68 bits per heavy atom. The number of nitrogens with one attached hydrogen (secondary N) is 1. The van der Waals surface area contributed by atoms with Crippen molar-refractivity contribution in [1.29, 1.82) is 0 Å². The van der Waals surface area contributed by atoms with E-state index in [-0.39, 0.29) is 37.3 Å². The highest BCUT2D eigenvalue weighted by Gasteiger charge is 2.32. The molecular formula is C27H32N2O5. The number of likely N-dealkylation sites (tertiary alicyclic amines) is 1. The van der Waals surface area contributed by atoms with Crippen molar-refractivity contribution in [2.45, 2.75) is 63.5 Å². The van der Waals surface area contributed by atoms with Gasteiger partial charge < -0.3 is 20.1 Å². The van der Waals surface area contributed by atoms with Gasteiger partial charge in [-0.25, -0.2) is 4.79 Å². The molecule has 7 heteroatoms. The summed E-state index contributed by atoms with van der Waals surface area (Å²) in [6.07, 6.45) is 1.70. The molecule has 2 amide bonds. The van der Waals surface area contributed by atoms with E-state index in [2.05, 4.69) is 29.6 Å². The Morgan fingerprint density at radius 1 is 1.06 bits per heavy atom. The SMILES string of the molecule is CC(C)(CCC(=O)N1CCC[C@H]1CC(=O)O)NC(=O)OCC1c2ccccc2-c2ccccc21. The number of fused-ring (bicyclic) bond motifs is 3. The number of nitrogens with zero attached hydrogens (tertiary/aromatic N) is 1. The first kappa shape index (κ1) is 23.8. The van der Waals surface area contributed by atoms with Crippen molar-refractivity contribution in [3.63, 3.8) is 0 Å². The van der Waals surface area contributed by atoms with Crippen LogP contribution in [0.1, 0.15) is 63.0 Å². The molecule has 34 heavy (non-hydrogen) atoms. The zero-order valence-corrected chi connectivity index (χ0v) is 19.8. The predicted octanol–water partition coefficient (Wildman–Crippen LogP) is 4.55. The number of hydrogen-bond acceptors (Lipinski definition) is 4. The highest BCUT2D eigenvalue weighted by molar-refractivity contribution is 5.79. The van der Waals surface area contributed by atoms with Gasteiger partial charge in [-0.05, 0) is 55.4 Å². The van der Waals surface area contributed by atoms with Crippen molar-refractivity contribution in [2.75, 3.05) is 13.2 Å². The monoisotopic (exact) mass is 464 g/mol. The number of carboxylic acids is 1. The maximum Gasteiger partial charge on any atom is 0.407 e. The third-order valence-corrected chi connectivity index (χ3v) is 6.86. The lowest BCUT2D eigenvalue weighted by atomic mass is 9.97. The fourth-order valence-electron chi connectivity index (χ4n) is 5.11. The van der Waals surface area contributed by atoms with Crippen LogP contribution < -0.4 is 5.32 Å². The van der Waals surface area contributed by atoms with Crippen LogP contribution in [0.5, 0.6) is 0 Å². The molecule has 0 bridgehead atoms. The molecule has 4 rings (SSSR count). The predicted molar refractivity (Wildman–Crippen MR) is 129 cm³/mol. The topological polar surface area (TPSA) is 95.9 Å². The van der Waals surface area contributed by atoms with Crippen LogP contribution in [-0.2, 0) is 14.3 Å². The summed E-state index contributed by atoms with van der Waals surface area (Å²) in [5.74, 6) is -0.961. The van der Waals surface area contributed by atoms with Crippen molar-refractivity contribution < 1.29 is 24.2 Å². The number of benzene rings is 2. The molecule has 0 aromatic heterocycles. The molecule has 7 nitrogen and oxygen atoms in total. The molecule has 2 aromatic rings. The van der Waals surface area contributed by atoms with E-state index in [0.29, 0.717) is 13.0 Å². The lowest BCUT2D eigenvalue weighted by Crippen LogP contribution is -2.45. The van der Waals surface area contributed by atoms with Crippen molar-refractivity contribution in [2.24, 2.45) is 0 Å². The summed E-state index contributed by atoms with van der Waals surface area (Å²) >= 11 is 0. The van der Waals surface area contributed by atoms with Gasteiger partial charge in [0.1, 0.15) is 6.61 Å². The zero-order valence-electron chi connectivity index (χ0n) is 19.8. The Labute approximate surface area is 200 Å². The molecule has 0 radical (unpaired) electrons. The number of ether oxygens (including phenoxy) is 1. The first-order valence-corrected chi connectivity index (χ1v) is 11.9. The normalized spacial score (nSPS) is 17.2. The van der Waals surface area contributed by atoms with Crippen molar-refractivity contribution in [3.8, 4) is 11.1 Å². The van der Waals surface area contributed by atoms with Gasteiger partial charge in [-0.1, -0.05) is 48.5 Å². The molecule has 180 valence electrons. The Hall–Kier alpha value is -3.35. The molecule has 2 aromatic carbocycles. The average Bonchev–Trinajstić information content (AvgIpc) is 3.38. The first-order chi connectivity index (χ1) is 16.2. The zero-order chi connectivity index (χ0) is 24.3.